The lowest BCUT2D eigenvalue weighted by atomic mass is 9.84. The van der Waals surface area contributed by atoms with Gasteiger partial charge in [-0.1, -0.05) is 37.1 Å². The molecule has 0 unspecified atom stereocenters. The van der Waals surface area contributed by atoms with Gasteiger partial charge in [-0.3, -0.25) is 9.78 Å². The van der Waals surface area contributed by atoms with Gasteiger partial charge in [0.05, 0.1) is 17.5 Å². The van der Waals surface area contributed by atoms with E-state index < -0.39 is 41.3 Å². The number of nitrogens with zero attached hydrogens (tertiary/aromatic N) is 4. The number of aromatic nitrogens is 2. The summed E-state index contributed by atoms with van der Waals surface area (Å²) in [5, 5.41) is 3.72. The Kier molecular flexibility index (Phi) is 9.55. The highest BCUT2D eigenvalue weighted by molar-refractivity contribution is 5.94. The van der Waals surface area contributed by atoms with Crippen LogP contribution in [0.4, 0.5) is 35.2 Å². The van der Waals surface area contributed by atoms with Crippen LogP contribution in [0.5, 0.6) is 0 Å². The molecule has 4 aromatic rings. The van der Waals surface area contributed by atoms with Gasteiger partial charge in [-0.05, 0) is 101 Å². The van der Waals surface area contributed by atoms with Crippen LogP contribution >= 0.6 is 0 Å². The van der Waals surface area contributed by atoms with Crippen molar-refractivity contribution < 1.29 is 27.5 Å². The van der Waals surface area contributed by atoms with Crippen LogP contribution in [0.3, 0.4) is 0 Å². The van der Waals surface area contributed by atoms with Crippen molar-refractivity contribution in [3.05, 3.63) is 89.7 Å². The molecule has 1 saturated heterocycles. The molecule has 8 nitrogen and oxygen atoms in total. The van der Waals surface area contributed by atoms with Crippen molar-refractivity contribution >= 4 is 40.1 Å². The van der Waals surface area contributed by atoms with Crippen LogP contribution < -0.4 is 10.2 Å². The zero-order valence-corrected chi connectivity index (χ0v) is 28.3. The van der Waals surface area contributed by atoms with Crippen LogP contribution in [0.25, 0.3) is 10.9 Å². The number of benzene rings is 2. The van der Waals surface area contributed by atoms with Crippen LogP contribution in [0.15, 0.2) is 73.1 Å². The van der Waals surface area contributed by atoms with Crippen molar-refractivity contribution in [3.8, 4) is 0 Å². The van der Waals surface area contributed by atoms with E-state index in [1.165, 1.54) is 19.1 Å². The van der Waals surface area contributed by atoms with E-state index in [0.717, 1.165) is 59.7 Å². The van der Waals surface area contributed by atoms with E-state index in [2.05, 4.69) is 15.2 Å². The number of rotatable bonds is 6. The Hall–Kier alpha value is -4.67. The Morgan fingerprint density at radius 3 is 2.35 bits per heavy atom. The van der Waals surface area contributed by atoms with Crippen molar-refractivity contribution in [2.75, 3.05) is 16.8 Å². The second kappa shape index (κ2) is 13.7. The first kappa shape index (κ1) is 34.2. The van der Waals surface area contributed by atoms with Crippen molar-refractivity contribution in [1.29, 1.82) is 0 Å². The van der Waals surface area contributed by atoms with E-state index in [-0.39, 0.29) is 17.3 Å². The Morgan fingerprint density at radius 2 is 1.65 bits per heavy atom. The van der Waals surface area contributed by atoms with Gasteiger partial charge >= 0.3 is 12.3 Å². The van der Waals surface area contributed by atoms with E-state index >= 15 is 0 Å². The second-order valence-electron chi connectivity index (χ2n) is 14.0. The summed E-state index contributed by atoms with van der Waals surface area (Å²) < 4.78 is 46.8. The molecule has 1 saturated carbocycles. The molecule has 1 aliphatic heterocycles. The standard InChI is InChI=1S/C38H42F3N5O3/c1-24-13-16-27(23-31(24)38(39,40)41)44-35(47)30-12-8-22-45(36(48)49-37(2,3)4)33(30)26-14-17-29(18-15-26)46(28-10-5-6-11-28)34-32-25(19-21-43-34)9-7-20-42-32/h7,9,13-21,23,28,30,33H,5-6,8,10-12,22H2,1-4H3,(H,44,47)/t30-,33+/m1/s1. The number of carbonyl (C=O) groups is 2. The number of carbonyl (C=O) groups excluding carboxylic acids is 2. The Bertz CT molecular complexity index is 1810. The lowest BCUT2D eigenvalue weighted by molar-refractivity contribution is -0.138. The molecule has 6 rings (SSSR count). The molecule has 2 aromatic heterocycles. The third kappa shape index (κ3) is 7.50. The summed E-state index contributed by atoms with van der Waals surface area (Å²) in [4.78, 5) is 40.8. The molecule has 1 aliphatic carbocycles. The van der Waals surface area contributed by atoms with Crippen molar-refractivity contribution in [2.24, 2.45) is 5.92 Å². The van der Waals surface area contributed by atoms with Crippen LogP contribution in [-0.2, 0) is 15.7 Å². The maximum absolute atomic E-state index is 13.9. The van der Waals surface area contributed by atoms with Gasteiger partial charge in [-0.15, -0.1) is 0 Å². The summed E-state index contributed by atoms with van der Waals surface area (Å²) in [6.07, 6.45) is 3.69. The zero-order chi connectivity index (χ0) is 34.9. The summed E-state index contributed by atoms with van der Waals surface area (Å²) in [6.45, 7) is 7.10. The fourth-order valence-electron chi connectivity index (χ4n) is 7.11. The van der Waals surface area contributed by atoms with Gasteiger partial charge in [-0.2, -0.15) is 13.2 Å². The SMILES string of the molecule is Cc1ccc(NC(=O)[C@@H]2CCCN(C(=O)OC(C)(C)C)[C@H]2c2ccc(N(c3nccc4cccnc34)C3CCCC3)cc2)cc1C(F)(F)F. The van der Waals surface area contributed by atoms with Gasteiger partial charge < -0.3 is 19.9 Å². The molecule has 3 heterocycles. The molecular weight excluding hydrogens is 631 g/mol. The number of hydrogen-bond acceptors (Lipinski definition) is 6. The van der Waals surface area contributed by atoms with Gasteiger partial charge in [0.25, 0.3) is 0 Å². The number of alkyl halides is 3. The molecule has 0 spiro atoms. The summed E-state index contributed by atoms with van der Waals surface area (Å²) >= 11 is 0. The second-order valence-corrected chi connectivity index (χ2v) is 14.0. The van der Waals surface area contributed by atoms with Crippen molar-refractivity contribution in [1.82, 2.24) is 14.9 Å². The molecule has 2 aromatic carbocycles. The first-order valence-corrected chi connectivity index (χ1v) is 16.9. The topological polar surface area (TPSA) is 87.7 Å². The zero-order valence-electron chi connectivity index (χ0n) is 28.3. The minimum atomic E-state index is -4.56. The number of amides is 2. The highest BCUT2D eigenvalue weighted by atomic mass is 19.4. The minimum Gasteiger partial charge on any atom is -0.444 e. The number of fused-ring (bicyclic) bond motifs is 1. The molecule has 2 aliphatic rings. The first-order valence-electron chi connectivity index (χ1n) is 16.9. The number of hydrogen-bond donors (Lipinski definition) is 1. The number of pyridine rings is 2. The molecule has 11 heteroatoms. The molecule has 258 valence electrons. The number of halogens is 3. The monoisotopic (exact) mass is 673 g/mol. The number of ether oxygens (including phenoxy) is 1. The van der Waals surface area contributed by atoms with E-state index in [0.29, 0.717) is 19.4 Å². The first-order chi connectivity index (χ1) is 23.3. The Labute approximate surface area is 284 Å². The Balaban J connectivity index is 1.36. The maximum atomic E-state index is 13.9. The Morgan fingerprint density at radius 1 is 0.918 bits per heavy atom. The van der Waals surface area contributed by atoms with Crippen molar-refractivity contribution in [3.63, 3.8) is 0 Å². The average molecular weight is 674 g/mol. The molecule has 0 bridgehead atoms. The number of nitrogens with one attached hydrogen (secondary N) is 1. The third-order valence-electron chi connectivity index (χ3n) is 9.34. The fourth-order valence-corrected chi connectivity index (χ4v) is 7.11. The highest BCUT2D eigenvalue weighted by Gasteiger charge is 2.41. The van der Waals surface area contributed by atoms with E-state index in [4.69, 9.17) is 9.72 Å². The predicted octanol–water partition coefficient (Wildman–Crippen LogP) is 9.36. The van der Waals surface area contributed by atoms with E-state index in [1.807, 2.05) is 42.5 Å². The van der Waals surface area contributed by atoms with Gasteiger partial charge in [0.2, 0.25) is 5.91 Å². The molecule has 2 amide bonds. The highest BCUT2D eigenvalue weighted by Crippen LogP contribution is 2.41. The summed E-state index contributed by atoms with van der Waals surface area (Å²) in [6, 6.07) is 17.0. The van der Waals surface area contributed by atoms with Crippen LogP contribution in [0.2, 0.25) is 0 Å². The van der Waals surface area contributed by atoms with E-state index in [1.54, 1.807) is 38.1 Å². The van der Waals surface area contributed by atoms with E-state index in [9.17, 15) is 22.8 Å². The average Bonchev–Trinajstić information content (AvgIpc) is 3.59. The van der Waals surface area contributed by atoms with Gasteiger partial charge in [0.15, 0.2) is 5.82 Å². The molecule has 49 heavy (non-hydrogen) atoms. The van der Waals surface area contributed by atoms with Gasteiger partial charge in [0.1, 0.15) is 11.1 Å². The fraction of sp³-hybridized carbons (Fsp3) is 0.421. The summed E-state index contributed by atoms with van der Waals surface area (Å²) in [5.41, 5.74) is 1.00. The summed E-state index contributed by atoms with van der Waals surface area (Å²) in [7, 11) is 0. The molecule has 2 atom stereocenters. The number of piperidine rings is 1. The lowest BCUT2D eigenvalue weighted by Gasteiger charge is -2.41. The summed E-state index contributed by atoms with van der Waals surface area (Å²) in [5.74, 6) is -0.421. The van der Waals surface area contributed by atoms with Crippen LogP contribution in [0, 0.1) is 12.8 Å². The largest absolute Gasteiger partial charge is 0.444 e. The quantitative estimate of drug-likeness (QED) is 0.220. The molecule has 1 N–H and O–H groups in total. The van der Waals surface area contributed by atoms with Gasteiger partial charge in [-0.25, -0.2) is 9.78 Å². The molecule has 2 fully saturated rings. The normalized spacial score (nSPS) is 18.8. The number of aryl methyl sites for hydroxylation is 1. The predicted molar refractivity (Wildman–Crippen MR) is 184 cm³/mol. The number of likely N-dealkylation sites (tertiary alicyclic amines) is 1. The number of anilines is 3. The van der Waals surface area contributed by atoms with Gasteiger partial charge in [0, 0.05) is 41.7 Å². The third-order valence-corrected chi connectivity index (χ3v) is 9.34. The lowest BCUT2D eigenvalue weighted by Crippen LogP contribution is -2.48. The van der Waals surface area contributed by atoms with Crippen LogP contribution in [-0.4, -0.2) is 45.1 Å². The van der Waals surface area contributed by atoms with Crippen molar-refractivity contribution in [2.45, 2.75) is 90.1 Å². The molecule has 0 radical (unpaired) electrons. The minimum absolute atomic E-state index is 0.0508. The smallest absolute Gasteiger partial charge is 0.416 e. The van der Waals surface area contributed by atoms with Crippen LogP contribution in [0.1, 0.15) is 82.0 Å². The molecular formula is C38H42F3N5O3. The maximum Gasteiger partial charge on any atom is 0.416 e.